The van der Waals surface area contributed by atoms with E-state index in [1.54, 1.807) is 30.4 Å². The van der Waals surface area contributed by atoms with Crippen LogP contribution in [-0.4, -0.2) is 39.8 Å². The zero-order valence-corrected chi connectivity index (χ0v) is 10.2. The van der Waals surface area contributed by atoms with E-state index >= 15 is 0 Å². The fourth-order valence-electron chi connectivity index (χ4n) is 1.54. The monoisotopic (exact) mass is 248 g/mol. The van der Waals surface area contributed by atoms with E-state index in [0.29, 0.717) is 23.9 Å². The molecule has 0 aliphatic rings. The van der Waals surface area contributed by atoms with Gasteiger partial charge in [-0.1, -0.05) is 0 Å². The second-order valence-corrected chi connectivity index (χ2v) is 3.70. The van der Waals surface area contributed by atoms with Crippen molar-refractivity contribution in [1.29, 1.82) is 0 Å². The van der Waals surface area contributed by atoms with Crippen LogP contribution in [0.4, 0.5) is 11.5 Å². The fourth-order valence-corrected chi connectivity index (χ4v) is 1.54. The summed E-state index contributed by atoms with van der Waals surface area (Å²) in [6.45, 7) is 1.45. The first-order chi connectivity index (χ1) is 8.83. The van der Waals surface area contributed by atoms with Crippen LogP contribution in [0.5, 0.6) is 0 Å². The highest BCUT2D eigenvalue weighted by Crippen LogP contribution is 2.20. The number of anilines is 2. The van der Waals surface area contributed by atoms with Crippen molar-refractivity contribution in [2.24, 2.45) is 0 Å². The summed E-state index contributed by atoms with van der Waals surface area (Å²) in [6, 6.07) is 0. The van der Waals surface area contributed by atoms with E-state index in [-0.39, 0.29) is 0 Å². The zero-order valence-electron chi connectivity index (χ0n) is 10.2. The van der Waals surface area contributed by atoms with Crippen LogP contribution in [0.1, 0.15) is 6.42 Å². The van der Waals surface area contributed by atoms with E-state index in [1.807, 2.05) is 0 Å². The Morgan fingerprint density at radius 2 is 2.33 bits per heavy atom. The molecule has 0 amide bonds. The second kappa shape index (κ2) is 5.97. The maximum absolute atomic E-state index is 6.02. The van der Waals surface area contributed by atoms with Gasteiger partial charge in [0, 0.05) is 32.7 Å². The first-order valence-electron chi connectivity index (χ1n) is 5.64. The van der Waals surface area contributed by atoms with Crippen LogP contribution < -0.4 is 11.1 Å². The molecule has 0 saturated heterocycles. The molecule has 2 aromatic heterocycles. The van der Waals surface area contributed by atoms with E-state index in [4.69, 9.17) is 10.5 Å². The maximum atomic E-state index is 6.02. The normalized spacial score (nSPS) is 10.5. The number of nitrogens with two attached hydrogens (primary N) is 1. The number of hydrogen-bond acceptors (Lipinski definition) is 6. The predicted molar refractivity (Wildman–Crippen MR) is 68.5 cm³/mol. The molecular weight excluding hydrogens is 232 g/mol. The third-order valence-corrected chi connectivity index (χ3v) is 2.43. The average molecular weight is 248 g/mol. The van der Waals surface area contributed by atoms with Gasteiger partial charge < -0.3 is 15.8 Å². The molecule has 2 aromatic rings. The van der Waals surface area contributed by atoms with E-state index in [2.05, 4.69) is 20.3 Å². The molecule has 0 fully saturated rings. The minimum Gasteiger partial charge on any atom is -0.393 e. The topological polar surface area (TPSA) is 90.9 Å². The summed E-state index contributed by atoms with van der Waals surface area (Å²) < 4.78 is 6.72. The number of imidazole rings is 1. The van der Waals surface area contributed by atoms with Gasteiger partial charge in [-0.25, -0.2) is 15.0 Å². The van der Waals surface area contributed by atoms with Crippen LogP contribution in [-0.2, 0) is 4.74 Å². The quantitative estimate of drug-likeness (QED) is 0.731. The van der Waals surface area contributed by atoms with Crippen LogP contribution in [0, 0.1) is 0 Å². The SMILES string of the molecule is COCCCNc1ncnc(-n2ccnc2)c1N. The Morgan fingerprint density at radius 1 is 1.44 bits per heavy atom. The van der Waals surface area contributed by atoms with Gasteiger partial charge >= 0.3 is 0 Å². The lowest BCUT2D eigenvalue weighted by Gasteiger charge is -2.10. The molecule has 2 heterocycles. The van der Waals surface area contributed by atoms with Crippen molar-refractivity contribution < 1.29 is 4.74 Å². The number of aromatic nitrogens is 4. The average Bonchev–Trinajstić information content (AvgIpc) is 2.90. The van der Waals surface area contributed by atoms with E-state index in [1.165, 1.54) is 6.33 Å². The van der Waals surface area contributed by atoms with Crippen molar-refractivity contribution in [2.45, 2.75) is 6.42 Å². The second-order valence-electron chi connectivity index (χ2n) is 3.70. The summed E-state index contributed by atoms with van der Waals surface area (Å²) >= 11 is 0. The Bertz CT molecular complexity index is 484. The molecule has 0 aliphatic heterocycles. The van der Waals surface area contributed by atoms with Gasteiger partial charge in [-0.05, 0) is 6.42 Å². The van der Waals surface area contributed by atoms with Gasteiger partial charge in [0.05, 0.1) is 0 Å². The van der Waals surface area contributed by atoms with Gasteiger partial charge in [0.2, 0.25) is 0 Å². The summed E-state index contributed by atoms with van der Waals surface area (Å²) in [7, 11) is 1.68. The highest BCUT2D eigenvalue weighted by atomic mass is 16.5. The minimum absolute atomic E-state index is 0.507. The molecule has 2 rings (SSSR count). The smallest absolute Gasteiger partial charge is 0.166 e. The molecule has 0 spiro atoms. The molecule has 3 N–H and O–H groups in total. The third kappa shape index (κ3) is 2.75. The molecule has 18 heavy (non-hydrogen) atoms. The van der Waals surface area contributed by atoms with Gasteiger partial charge in [0.1, 0.15) is 18.3 Å². The molecule has 0 aromatic carbocycles. The highest BCUT2D eigenvalue weighted by Gasteiger charge is 2.08. The lowest BCUT2D eigenvalue weighted by molar-refractivity contribution is 0.198. The van der Waals surface area contributed by atoms with Crippen molar-refractivity contribution in [3.05, 3.63) is 25.0 Å². The summed E-state index contributed by atoms with van der Waals surface area (Å²) in [5.41, 5.74) is 6.53. The van der Waals surface area contributed by atoms with E-state index in [0.717, 1.165) is 13.0 Å². The van der Waals surface area contributed by atoms with Crippen molar-refractivity contribution in [1.82, 2.24) is 19.5 Å². The fraction of sp³-hybridized carbons (Fsp3) is 0.364. The summed E-state index contributed by atoms with van der Waals surface area (Å²) in [4.78, 5) is 12.2. The minimum atomic E-state index is 0.507. The molecule has 0 unspecified atom stereocenters. The van der Waals surface area contributed by atoms with Gasteiger partial charge in [0.25, 0.3) is 0 Å². The Hall–Kier alpha value is -2.15. The summed E-state index contributed by atoms with van der Waals surface area (Å²) in [6.07, 6.45) is 7.47. The number of nitrogens with one attached hydrogen (secondary N) is 1. The molecule has 0 atom stereocenters. The number of nitrogens with zero attached hydrogens (tertiary/aromatic N) is 4. The lowest BCUT2D eigenvalue weighted by atomic mass is 10.4. The van der Waals surface area contributed by atoms with Crippen molar-refractivity contribution in [2.75, 3.05) is 31.3 Å². The van der Waals surface area contributed by atoms with Gasteiger partial charge in [-0.2, -0.15) is 0 Å². The summed E-state index contributed by atoms with van der Waals surface area (Å²) in [5, 5.41) is 3.16. The van der Waals surface area contributed by atoms with Gasteiger partial charge in [0.15, 0.2) is 11.6 Å². The Kier molecular flexibility index (Phi) is 4.08. The van der Waals surface area contributed by atoms with Crippen LogP contribution in [0.2, 0.25) is 0 Å². The number of nitrogen functional groups attached to an aromatic ring is 1. The maximum Gasteiger partial charge on any atom is 0.166 e. The lowest BCUT2D eigenvalue weighted by Crippen LogP contribution is -2.11. The molecule has 0 bridgehead atoms. The highest BCUT2D eigenvalue weighted by molar-refractivity contribution is 5.69. The number of ether oxygens (including phenoxy) is 1. The number of hydrogen-bond donors (Lipinski definition) is 2. The van der Waals surface area contributed by atoms with Crippen molar-refractivity contribution in [3.8, 4) is 5.82 Å². The largest absolute Gasteiger partial charge is 0.393 e. The molecule has 7 heteroatoms. The third-order valence-electron chi connectivity index (χ3n) is 2.43. The predicted octanol–water partition coefficient (Wildman–Crippen LogP) is 0.693. The first kappa shape index (κ1) is 12.3. The van der Waals surface area contributed by atoms with Gasteiger partial charge in [-0.3, -0.25) is 4.57 Å². The van der Waals surface area contributed by atoms with E-state index in [9.17, 15) is 0 Å². The van der Waals surface area contributed by atoms with E-state index < -0.39 is 0 Å². The molecule has 7 nitrogen and oxygen atoms in total. The molecular formula is C11H16N6O. The van der Waals surface area contributed by atoms with Crippen molar-refractivity contribution in [3.63, 3.8) is 0 Å². The molecule has 0 radical (unpaired) electrons. The first-order valence-corrected chi connectivity index (χ1v) is 5.64. The standard InChI is InChI=1S/C11H16N6O/c1-18-6-2-3-14-10-9(12)11(16-7-15-10)17-5-4-13-8-17/h4-5,7-8H,2-3,6,12H2,1H3,(H,14,15,16). The Balaban J connectivity index is 2.10. The van der Waals surface area contributed by atoms with Crippen LogP contribution in [0.3, 0.4) is 0 Å². The Labute approximate surface area is 105 Å². The van der Waals surface area contributed by atoms with Crippen LogP contribution in [0.15, 0.2) is 25.0 Å². The summed E-state index contributed by atoms with van der Waals surface area (Å²) in [5.74, 6) is 1.25. The van der Waals surface area contributed by atoms with Crippen molar-refractivity contribution >= 4 is 11.5 Å². The zero-order chi connectivity index (χ0) is 12.8. The molecule has 96 valence electrons. The van der Waals surface area contributed by atoms with Crippen LogP contribution in [0.25, 0.3) is 5.82 Å². The molecule has 0 saturated carbocycles. The number of rotatable bonds is 6. The van der Waals surface area contributed by atoms with Gasteiger partial charge in [-0.15, -0.1) is 0 Å². The Morgan fingerprint density at radius 3 is 3.06 bits per heavy atom. The number of methoxy groups -OCH3 is 1. The molecule has 0 aliphatic carbocycles. The van der Waals surface area contributed by atoms with Crippen LogP contribution >= 0.6 is 0 Å².